The van der Waals surface area contributed by atoms with E-state index in [1.807, 2.05) is 31.2 Å². The van der Waals surface area contributed by atoms with E-state index >= 15 is 0 Å². The molecule has 27 heavy (non-hydrogen) atoms. The second kappa shape index (κ2) is 11.4. The molecule has 2 N–H and O–H groups in total. The van der Waals surface area contributed by atoms with E-state index in [4.69, 9.17) is 4.74 Å². The molecule has 0 atom stereocenters. The van der Waals surface area contributed by atoms with Crippen molar-refractivity contribution in [3.63, 3.8) is 0 Å². The second-order valence-electron chi connectivity index (χ2n) is 6.08. The highest BCUT2D eigenvalue weighted by atomic mass is 32.2. The molecule has 0 spiro atoms. The maximum absolute atomic E-state index is 12.4. The molecule has 1 fully saturated rings. The molecule has 0 unspecified atom stereocenters. The molecule has 0 bridgehead atoms. The zero-order valence-corrected chi connectivity index (χ0v) is 17.7. The summed E-state index contributed by atoms with van der Waals surface area (Å²) in [5.41, 5.74) is 1.12. The van der Waals surface area contributed by atoms with Crippen LogP contribution in [0.15, 0.2) is 29.3 Å². The van der Waals surface area contributed by atoms with Crippen molar-refractivity contribution in [2.45, 2.75) is 13.3 Å². The summed E-state index contributed by atoms with van der Waals surface area (Å²) >= 11 is 1.80. The van der Waals surface area contributed by atoms with Gasteiger partial charge in [0.2, 0.25) is 10.0 Å². The number of sulfonamides is 1. The van der Waals surface area contributed by atoms with Gasteiger partial charge in [0, 0.05) is 37.7 Å². The summed E-state index contributed by atoms with van der Waals surface area (Å²) in [4.78, 5) is 4.42. The summed E-state index contributed by atoms with van der Waals surface area (Å²) in [5.74, 6) is 3.29. The number of benzene rings is 1. The highest BCUT2D eigenvalue weighted by Gasteiger charge is 2.23. The summed E-state index contributed by atoms with van der Waals surface area (Å²) in [6.07, 6.45) is 0.790. The maximum atomic E-state index is 12.4. The first kappa shape index (κ1) is 21.8. The molecule has 1 saturated heterocycles. The van der Waals surface area contributed by atoms with Gasteiger partial charge in [-0.1, -0.05) is 18.2 Å². The molecule has 1 aromatic rings. The van der Waals surface area contributed by atoms with Gasteiger partial charge in [0.05, 0.1) is 19.4 Å². The Morgan fingerprint density at radius 2 is 2.00 bits per heavy atom. The highest BCUT2D eigenvalue weighted by molar-refractivity contribution is 7.99. The van der Waals surface area contributed by atoms with Crippen molar-refractivity contribution in [3.8, 4) is 5.75 Å². The molecule has 0 aromatic heterocycles. The van der Waals surface area contributed by atoms with Crippen molar-refractivity contribution in [2.75, 3.05) is 57.1 Å². The first-order chi connectivity index (χ1) is 13.1. The van der Waals surface area contributed by atoms with Crippen molar-refractivity contribution < 1.29 is 13.2 Å². The number of ether oxygens (including phenoxy) is 1. The lowest BCUT2D eigenvalue weighted by Gasteiger charge is -2.25. The van der Waals surface area contributed by atoms with Gasteiger partial charge in [0.15, 0.2) is 5.96 Å². The van der Waals surface area contributed by atoms with Crippen LogP contribution in [-0.4, -0.2) is 75.8 Å². The van der Waals surface area contributed by atoms with Crippen molar-refractivity contribution >= 4 is 27.7 Å². The van der Waals surface area contributed by atoms with Crippen molar-refractivity contribution in [2.24, 2.45) is 4.99 Å². The molecule has 2 rings (SSSR count). The number of methoxy groups -OCH3 is 1. The van der Waals surface area contributed by atoms with Crippen LogP contribution in [0.1, 0.15) is 12.5 Å². The van der Waals surface area contributed by atoms with Gasteiger partial charge in [-0.2, -0.15) is 11.8 Å². The molecule has 152 valence electrons. The number of nitrogens with one attached hydrogen (secondary N) is 2. The predicted octanol–water partition coefficient (Wildman–Crippen LogP) is 1.17. The fourth-order valence-electron chi connectivity index (χ4n) is 2.79. The van der Waals surface area contributed by atoms with Crippen LogP contribution in [0.3, 0.4) is 0 Å². The molecule has 7 nitrogen and oxygen atoms in total. The standard InChI is InChI=1S/C18H30N4O3S2/c1-3-19-18(20-9-8-16-6-4-5-7-17(16)25-2)21-10-15-27(23,24)22-11-13-26-14-12-22/h4-7H,3,8-15H2,1-2H3,(H2,19,20,21). The second-order valence-corrected chi connectivity index (χ2v) is 9.39. The van der Waals surface area contributed by atoms with E-state index in [9.17, 15) is 8.42 Å². The average Bonchev–Trinajstić information content (AvgIpc) is 2.69. The van der Waals surface area contributed by atoms with Crippen LogP contribution in [0.5, 0.6) is 5.75 Å². The predicted molar refractivity (Wildman–Crippen MR) is 113 cm³/mol. The van der Waals surface area contributed by atoms with Gasteiger partial charge in [-0.05, 0) is 25.0 Å². The highest BCUT2D eigenvalue weighted by Crippen LogP contribution is 2.17. The van der Waals surface area contributed by atoms with Gasteiger partial charge in [0.1, 0.15) is 5.75 Å². The Hall–Kier alpha value is -1.45. The van der Waals surface area contributed by atoms with E-state index in [-0.39, 0.29) is 12.3 Å². The molecular formula is C18H30N4O3S2. The lowest BCUT2D eigenvalue weighted by Crippen LogP contribution is -2.41. The molecule has 1 aliphatic heterocycles. The zero-order valence-electron chi connectivity index (χ0n) is 16.1. The number of rotatable bonds is 9. The normalized spacial score (nSPS) is 16.1. The Labute approximate surface area is 167 Å². The van der Waals surface area contributed by atoms with Crippen LogP contribution in [0.2, 0.25) is 0 Å². The fraction of sp³-hybridized carbons (Fsp3) is 0.611. The van der Waals surface area contributed by atoms with Crippen LogP contribution < -0.4 is 15.4 Å². The van der Waals surface area contributed by atoms with Crippen molar-refractivity contribution in [1.82, 2.24) is 14.9 Å². The average molecular weight is 415 g/mol. The molecule has 0 radical (unpaired) electrons. The SMILES string of the molecule is CCNC(=NCCS(=O)(=O)N1CCSCC1)NCCc1ccccc1OC. The quantitative estimate of drug-likeness (QED) is 0.466. The summed E-state index contributed by atoms with van der Waals surface area (Å²) in [6, 6.07) is 7.91. The van der Waals surface area contributed by atoms with Crippen LogP contribution in [0.4, 0.5) is 0 Å². The number of hydrogen-bond donors (Lipinski definition) is 2. The topological polar surface area (TPSA) is 83.0 Å². The number of nitrogens with zero attached hydrogens (tertiary/aromatic N) is 2. The van der Waals surface area contributed by atoms with Crippen LogP contribution in [-0.2, 0) is 16.4 Å². The van der Waals surface area contributed by atoms with Gasteiger partial charge in [-0.25, -0.2) is 12.7 Å². The van der Waals surface area contributed by atoms with E-state index < -0.39 is 10.0 Å². The molecular weight excluding hydrogens is 384 g/mol. The molecule has 1 heterocycles. The number of para-hydroxylation sites is 1. The van der Waals surface area contributed by atoms with E-state index in [1.165, 1.54) is 0 Å². The van der Waals surface area contributed by atoms with Gasteiger partial charge >= 0.3 is 0 Å². The van der Waals surface area contributed by atoms with E-state index in [0.717, 1.165) is 35.8 Å². The minimum absolute atomic E-state index is 0.0424. The summed E-state index contributed by atoms with van der Waals surface area (Å²) in [5, 5.41) is 6.42. The Kier molecular flexibility index (Phi) is 9.23. The summed E-state index contributed by atoms with van der Waals surface area (Å²) < 4.78 is 31.7. The minimum atomic E-state index is -3.23. The van der Waals surface area contributed by atoms with Crippen LogP contribution in [0.25, 0.3) is 0 Å². The lowest BCUT2D eigenvalue weighted by molar-refractivity contribution is 0.409. The Morgan fingerprint density at radius 1 is 1.26 bits per heavy atom. The monoisotopic (exact) mass is 414 g/mol. The molecule has 0 aliphatic carbocycles. The minimum Gasteiger partial charge on any atom is -0.496 e. The zero-order chi connectivity index (χ0) is 19.5. The number of hydrogen-bond acceptors (Lipinski definition) is 5. The third kappa shape index (κ3) is 7.23. The fourth-order valence-corrected chi connectivity index (χ4v) is 5.25. The smallest absolute Gasteiger partial charge is 0.215 e. The van der Waals surface area contributed by atoms with Gasteiger partial charge in [-0.3, -0.25) is 4.99 Å². The molecule has 9 heteroatoms. The Morgan fingerprint density at radius 3 is 2.70 bits per heavy atom. The van der Waals surface area contributed by atoms with E-state index in [0.29, 0.717) is 25.6 Å². The third-order valence-electron chi connectivity index (χ3n) is 4.21. The molecule has 0 amide bonds. The van der Waals surface area contributed by atoms with Crippen molar-refractivity contribution in [1.29, 1.82) is 0 Å². The van der Waals surface area contributed by atoms with Gasteiger partial charge in [0.25, 0.3) is 0 Å². The lowest BCUT2D eigenvalue weighted by atomic mass is 10.1. The van der Waals surface area contributed by atoms with E-state index in [1.54, 1.807) is 23.2 Å². The van der Waals surface area contributed by atoms with Crippen LogP contribution >= 0.6 is 11.8 Å². The maximum Gasteiger partial charge on any atom is 0.215 e. The Bertz CT molecular complexity index is 704. The Balaban J connectivity index is 1.84. The van der Waals surface area contributed by atoms with Crippen LogP contribution in [0, 0.1) is 0 Å². The molecule has 1 aliphatic rings. The van der Waals surface area contributed by atoms with E-state index in [2.05, 4.69) is 15.6 Å². The summed E-state index contributed by atoms with van der Waals surface area (Å²) in [7, 11) is -1.56. The number of aliphatic imine (C=N–C) groups is 1. The largest absolute Gasteiger partial charge is 0.496 e. The number of thioether (sulfide) groups is 1. The van der Waals surface area contributed by atoms with Crippen molar-refractivity contribution in [3.05, 3.63) is 29.8 Å². The first-order valence-corrected chi connectivity index (χ1v) is 12.0. The van der Waals surface area contributed by atoms with Gasteiger partial charge in [-0.15, -0.1) is 0 Å². The summed E-state index contributed by atoms with van der Waals surface area (Å²) in [6.45, 7) is 4.84. The molecule has 1 aromatic carbocycles. The number of guanidine groups is 1. The third-order valence-corrected chi connectivity index (χ3v) is 7.00. The first-order valence-electron chi connectivity index (χ1n) is 9.26. The molecule has 0 saturated carbocycles. The van der Waals surface area contributed by atoms with Gasteiger partial charge < -0.3 is 15.4 Å².